The summed E-state index contributed by atoms with van der Waals surface area (Å²) in [4.78, 5) is 37.1. The van der Waals surface area contributed by atoms with Crippen LogP contribution in [0.2, 0.25) is 0 Å². The fourth-order valence-corrected chi connectivity index (χ4v) is 5.35. The molecule has 3 N–H and O–H groups in total. The zero-order valence-electron chi connectivity index (χ0n) is 21.7. The van der Waals surface area contributed by atoms with Gasteiger partial charge in [-0.15, -0.1) is 21.5 Å². The Morgan fingerprint density at radius 1 is 1.16 bits per heavy atom. The van der Waals surface area contributed by atoms with Crippen molar-refractivity contribution in [2.45, 2.75) is 51.8 Å². The second-order valence-corrected chi connectivity index (χ2v) is 10.5. The summed E-state index contributed by atoms with van der Waals surface area (Å²) in [7, 11) is 1.80. The van der Waals surface area contributed by atoms with Crippen molar-refractivity contribution in [1.29, 1.82) is 0 Å². The molecule has 198 valence electrons. The van der Waals surface area contributed by atoms with E-state index in [9.17, 15) is 14.4 Å². The van der Waals surface area contributed by atoms with Crippen LogP contribution in [0.25, 0.3) is 0 Å². The molecule has 1 atom stereocenters. The van der Waals surface area contributed by atoms with E-state index in [4.69, 9.17) is 15.2 Å². The van der Waals surface area contributed by atoms with Gasteiger partial charge in [0.1, 0.15) is 10.8 Å². The molecule has 1 unspecified atom stereocenters. The fourth-order valence-electron chi connectivity index (χ4n) is 3.57. The van der Waals surface area contributed by atoms with E-state index in [0.717, 1.165) is 17.1 Å². The topological polar surface area (TPSA) is 138 Å². The number of anilines is 1. The van der Waals surface area contributed by atoms with E-state index in [0.29, 0.717) is 22.5 Å². The van der Waals surface area contributed by atoms with Crippen molar-refractivity contribution in [2.75, 3.05) is 17.7 Å². The van der Waals surface area contributed by atoms with Crippen molar-refractivity contribution < 1.29 is 23.9 Å². The van der Waals surface area contributed by atoms with Gasteiger partial charge in [-0.25, -0.2) is 4.79 Å². The number of carbonyl (C=O) groups is 3. The maximum Gasteiger partial charge on any atom is 0.341 e. The van der Waals surface area contributed by atoms with Crippen molar-refractivity contribution in [3.8, 4) is 5.75 Å². The summed E-state index contributed by atoms with van der Waals surface area (Å²) in [5.74, 6) is 0.0926. The number of nitrogens with two attached hydrogens (primary N) is 1. The van der Waals surface area contributed by atoms with Crippen molar-refractivity contribution in [3.63, 3.8) is 0 Å². The van der Waals surface area contributed by atoms with Gasteiger partial charge in [0.05, 0.1) is 22.8 Å². The fraction of sp³-hybridized carbons (Fsp3) is 0.400. The molecule has 3 rings (SSSR count). The minimum Gasteiger partial charge on any atom is -0.483 e. The number of rotatable bonds is 11. The van der Waals surface area contributed by atoms with Gasteiger partial charge in [-0.05, 0) is 49.9 Å². The average molecular weight is 546 g/mol. The van der Waals surface area contributed by atoms with Crippen LogP contribution in [0.5, 0.6) is 5.75 Å². The first kappa shape index (κ1) is 28.2. The molecular formula is C25H31N5O5S2. The van der Waals surface area contributed by atoms with E-state index in [1.165, 1.54) is 17.3 Å². The summed E-state index contributed by atoms with van der Waals surface area (Å²) in [6.07, 6.45) is -0.362. The quantitative estimate of drug-likeness (QED) is 0.266. The van der Waals surface area contributed by atoms with E-state index in [-0.39, 0.29) is 39.8 Å². The summed E-state index contributed by atoms with van der Waals surface area (Å²) < 4.78 is 12.9. The Morgan fingerprint density at radius 2 is 1.84 bits per heavy atom. The Morgan fingerprint density at radius 3 is 2.43 bits per heavy atom. The Balaban J connectivity index is 1.65. The van der Waals surface area contributed by atoms with Crippen molar-refractivity contribution in [2.24, 2.45) is 12.8 Å². The van der Waals surface area contributed by atoms with Crippen LogP contribution in [0, 0.1) is 6.92 Å². The number of amides is 2. The molecule has 10 nitrogen and oxygen atoms in total. The third-order valence-electron chi connectivity index (χ3n) is 5.53. The van der Waals surface area contributed by atoms with Gasteiger partial charge in [0.25, 0.3) is 5.91 Å². The van der Waals surface area contributed by atoms with Crippen LogP contribution in [0.3, 0.4) is 0 Å². The number of ether oxygens (including phenoxy) is 2. The lowest BCUT2D eigenvalue weighted by Gasteiger charge is -2.15. The molecule has 37 heavy (non-hydrogen) atoms. The number of carbonyl (C=O) groups excluding carboxylic acids is 3. The van der Waals surface area contributed by atoms with E-state index < -0.39 is 11.9 Å². The molecule has 0 fully saturated rings. The Kier molecular flexibility index (Phi) is 9.33. The third-order valence-corrected chi connectivity index (χ3v) is 7.77. The maximum absolute atomic E-state index is 12.7. The largest absolute Gasteiger partial charge is 0.483 e. The number of nitrogens with zero attached hydrogens (tertiary/aromatic N) is 3. The smallest absolute Gasteiger partial charge is 0.341 e. The number of hydrogen-bond donors (Lipinski definition) is 2. The first-order valence-corrected chi connectivity index (χ1v) is 13.5. The molecule has 2 amide bonds. The van der Waals surface area contributed by atoms with E-state index >= 15 is 0 Å². The monoisotopic (exact) mass is 545 g/mol. The zero-order valence-corrected chi connectivity index (χ0v) is 23.3. The number of aromatic nitrogens is 3. The zero-order chi connectivity index (χ0) is 27.3. The predicted octanol–water partition coefficient (Wildman–Crippen LogP) is 4.45. The SMILES string of the molecule is CCOC(=O)c1c(NC(=O)CSc2nnc(C(C)Oc3ccc(C(C)C)cc3)n2C)sc(C(N)=O)c1C. The van der Waals surface area contributed by atoms with Gasteiger partial charge in [0, 0.05) is 7.05 Å². The van der Waals surface area contributed by atoms with E-state index in [1.807, 2.05) is 31.2 Å². The maximum atomic E-state index is 12.7. The summed E-state index contributed by atoms with van der Waals surface area (Å²) >= 11 is 2.13. The number of hydrogen-bond acceptors (Lipinski definition) is 9. The first-order chi connectivity index (χ1) is 17.5. The molecular weight excluding hydrogens is 514 g/mol. The number of nitrogens with one attached hydrogen (secondary N) is 1. The van der Waals surface area contributed by atoms with Crippen LogP contribution in [0.4, 0.5) is 5.00 Å². The molecule has 0 bridgehead atoms. The number of benzene rings is 1. The summed E-state index contributed by atoms with van der Waals surface area (Å²) in [6.45, 7) is 9.58. The predicted molar refractivity (Wildman–Crippen MR) is 143 cm³/mol. The van der Waals surface area contributed by atoms with Gasteiger partial charge >= 0.3 is 5.97 Å². The Bertz CT molecular complexity index is 1280. The number of esters is 1. The van der Waals surface area contributed by atoms with E-state index in [1.54, 1.807) is 25.5 Å². The van der Waals surface area contributed by atoms with Crippen LogP contribution in [-0.4, -0.2) is 44.9 Å². The molecule has 3 aromatic rings. The van der Waals surface area contributed by atoms with Gasteiger partial charge in [-0.2, -0.15) is 0 Å². The highest BCUT2D eigenvalue weighted by molar-refractivity contribution is 7.99. The van der Waals surface area contributed by atoms with Gasteiger partial charge in [0.2, 0.25) is 5.91 Å². The number of thiophene rings is 1. The molecule has 0 aliphatic heterocycles. The summed E-state index contributed by atoms with van der Waals surface area (Å²) in [5, 5.41) is 11.9. The normalized spacial score (nSPS) is 11.9. The van der Waals surface area contributed by atoms with Crippen molar-refractivity contribution in [1.82, 2.24) is 14.8 Å². The van der Waals surface area contributed by atoms with Gasteiger partial charge in [-0.3, -0.25) is 9.59 Å². The van der Waals surface area contributed by atoms with Crippen molar-refractivity contribution in [3.05, 3.63) is 51.7 Å². The Labute approximate surface area is 223 Å². The second-order valence-electron chi connectivity index (χ2n) is 8.57. The molecule has 0 aliphatic carbocycles. The lowest BCUT2D eigenvalue weighted by atomic mass is 10.0. The highest BCUT2D eigenvalue weighted by Crippen LogP contribution is 2.34. The van der Waals surface area contributed by atoms with Crippen LogP contribution in [-0.2, 0) is 16.6 Å². The molecule has 0 aliphatic rings. The van der Waals surface area contributed by atoms with E-state index in [2.05, 4.69) is 29.4 Å². The molecule has 2 heterocycles. The summed E-state index contributed by atoms with van der Waals surface area (Å²) in [5.41, 5.74) is 7.16. The standard InChI is InChI=1S/C25H31N5O5S2/c1-7-34-24(33)19-14(4)20(21(26)32)37-23(19)27-18(31)12-36-25-29-28-22(30(25)6)15(5)35-17-10-8-16(9-11-17)13(2)3/h8-11,13,15H,7,12H2,1-6H3,(H2,26,32)(H,27,31). The molecule has 0 saturated heterocycles. The summed E-state index contributed by atoms with van der Waals surface area (Å²) in [6, 6.07) is 7.95. The molecule has 0 spiro atoms. The van der Waals surface area contributed by atoms with Crippen LogP contribution in [0.15, 0.2) is 29.4 Å². The minimum atomic E-state index is -0.679. The molecule has 12 heteroatoms. The van der Waals surface area contributed by atoms with Crippen LogP contribution >= 0.6 is 23.1 Å². The lowest BCUT2D eigenvalue weighted by molar-refractivity contribution is -0.113. The Hall–Kier alpha value is -3.38. The molecule has 0 saturated carbocycles. The van der Waals surface area contributed by atoms with Crippen LogP contribution in [0.1, 0.15) is 76.7 Å². The lowest BCUT2D eigenvalue weighted by Crippen LogP contribution is -2.17. The van der Waals surface area contributed by atoms with Crippen molar-refractivity contribution >= 4 is 45.9 Å². The molecule has 2 aromatic heterocycles. The van der Waals surface area contributed by atoms with Gasteiger partial charge in [-0.1, -0.05) is 37.7 Å². The second kappa shape index (κ2) is 12.2. The number of thioether (sulfide) groups is 1. The van der Waals surface area contributed by atoms with Crippen LogP contribution < -0.4 is 15.8 Å². The highest BCUT2D eigenvalue weighted by Gasteiger charge is 2.26. The van der Waals surface area contributed by atoms with Gasteiger partial charge < -0.3 is 25.1 Å². The third kappa shape index (κ3) is 6.69. The minimum absolute atomic E-state index is 0.00297. The molecule has 1 aromatic carbocycles. The number of primary amides is 1. The first-order valence-electron chi connectivity index (χ1n) is 11.7. The average Bonchev–Trinajstić information content (AvgIpc) is 3.37. The highest BCUT2D eigenvalue weighted by atomic mass is 32.2. The molecule has 0 radical (unpaired) electrons. The van der Waals surface area contributed by atoms with Gasteiger partial charge in [0.15, 0.2) is 17.1 Å².